The van der Waals surface area contributed by atoms with Crippen LogP contribution in [-0.4, -0.2) is 52.0 Å². The first kappa shape index (κ1) is 33.6. The molecule has 47 heavy (non-hydrogen) atoms. The predicted octanol–water partition coefficient (Wildman–Crippen LogP) is 5.85. The van der Waals surface area contributed by atoms with E-state index in [2.05, 4.69) is 15.6 Å². The summed E-state index contributed by atoms with van der Waals surface area (Å²) in [6.45, 7) is 1.21. The summed E-state index contributed by atoms with van der Waals surface area (Å²) in [4.78, 5) is 33.0. The maximum atomic E-state index is 14.0. The highest BCUT2D eigenvalue weighted by Gasteiger charge is 2.31. The third-order valence-corrected chi connectivity index (χ3v) is 7.74. The van der Waals surface area contributed by atoms with Crippen LogP contribution in [0.5, 0.6) is 0 Å². The van der Waals surface area contributed by atoms with Crippen LogP contribution >= 0.6 is 0 Å². The zero-order chi connectivity index (χ0) is 33.6. The van der Waals surface area contributed by atoms with E-state index in [1.54, 1.807) is 13.0 Å². The van der Waals surface area contributed by atoms with Gasteiger partial charge in [0.15, 0.2) is 0 Å². The number of benzene rings is 3. The van der Waals surface area contributed by atoms with Crippen molar-refractivity contribution < 1.29 is 36.7 Å². The number of nitrogens with zero attached hydrogens (tertiary/aromatic N) is 2. The molecule has 0 spiro atoms. The van der Waals surface area contributed by atoms with Crippen LogP contribution in [0.15, 0.2) is 89.6 Å². The number of aromatic nitrogens is 1. The minimum absolute atomic E-state index is 0.0300. The lowest BCUT2D eigenvalue weighted by molar-refractivity contribution is -0.137. The third-order valence-electron chi connectivity index (χ3n) is 7.74. The molecule has 0 bridgehead atoms. The fraction of sp³-hybridized carbons (Fsp3) is 0.286. The van der Waals surface area contributed by atoms with Gasteiger partial charge in [0, 0.05) is 30.8 Å². The number of carbonyl (C=O) groups is 2. The summed E-state index contributed by atoms with van der Waals surface area (Å²) in [5, 5.41) is 16.9. The Morgan fingerprint density at radius 2 is 1.74 bits per heavy atom. The van der Waals surface area contributed by atoms with Crippen LogP contribution in [0.3, 0.4) is 0 Å². The lowest BCUT2D eigenvalue weighted by Gasteiger charge is -2.25. The van der Waals surface area contributed by atoms with Gasteiger partial charge in [-0.05, 0) is 60.7 Å². The Labute approximate surface area is 269 Å². The highest BCUT2D eigenvalue weighted by Crippen LogP contribution is 2.30. The fourth-order valence-electron chi connectivity index (χ4n) is 5.39. The first-order valence-corrected chi connectivity index (χ1v) is 15.1. The van der Waals surface area contributed by atoms with Gasteiger partial charge in [-0.1, -0.05) is 54.6 Å². The maximum absolute atomic E-state index is 14.0. The van der Waals surface area contributed by atoms with E-state index in [-0.39, 0.29) is 42.1 Å². The van der Waals surface area contributed by atoms with Crippen molar-refractivity contribution in [3.63, 3.8) is 0 Å². The molecule has 1 aliphatic heterocycles. The van der Waals surface area contributed by atoms with Crippen molar-refractivity contribution in [2.45, 2.75) is 51.3 Å². The summed E-state index contributed by atoms with van der Waals surface area (Å²) < 4.78 is 58.8. The molecule has 0 saturated carbocycles. The van der Waals surface area contributed by atoms with E-state index in [4.69, 9.17) is 4.42 Å². The molecule has 5 rings (SSSR count). The molecule has 246 valence electrons. The van der Waals surface area contributed by atoms with Crippen molar-refractivity contribution in [1.29, 1.82) is 0 Å². The smallest absolute Gasteiger partial charge is 0.416 e. The number of oxazole rings is 1. The highest BCUT2D eigenvalue weighted by atomic mass is 19.4. The van der Waals surface area contributed by atoms with Crippen LogP contribution in [0.25, 0.3) is 5.70 Å². The van der Waals surface area contributed by atoms with Gasteiger partial charge in [0.2, 0.25) is 5.89 Å². The van der Waals surface area contributed by atoms with Crippen LogP contribution in [-0.2, 0) is 25.8 Å². The monoisotopic (exact) mass is 650 g/mol. The molecule has 3 N–H and O–H groups in total. The Balaban J connectivity index is 1.32. The van der Waals surface area contributed by atoms with Crippen LogP contribution in [0.4, 0.5) is 17.6 Å². The Morgan fingerprint density at radius 3 is 2.45 bits per heavy atom. The summed E-state index contributed by atoms with van der Waals surface area (Å²) >= 11 is 0. The molecular weight excluding hydrogens is 616 g/mol. The van der Waals surface area contributed by atoms with Crippen LogP contribution in [0.2, 0.25) is 0 Å². The first-order valence-electron chi connectivity index (χ1n) is 15.1. The van der Waals surface area contributed by atoms with Crippen molar-refractivity contribution in [3.8, 4) is 0 Å². The van der Waals surface area contributed by atoms with Crippen molar-refractivity contribution >= 4 is 17.5 Å². The van der Waals surface area contributed by atoms with E-state index >= 15 is 0 Å². The predicted molar refractivity (Wildman–Crippen MR) is 167 cm³/mol. The number of amides is 2. The molecule has 2 amide bonds. The van der Waals surface area contributed by atoms with E-state index in [0.717, 1.165) is 17.7 Å². The SMILES string of the molecule is Cc1coc(C2=CCCN2C(=O)c2cc(CF)cc(C(=O)N[C@@H](Cc3ccccc3)[C@H](O)CNCc3cccc(C(F)(F)F)c3)c2)n1. The molecule has 3 aromatic carbocycles. The van der Waals surface area contributed by atoms with Gasteiger partial charge in [-0.2, -0.15) is 13.2 Å². The Morgan fingerprint density at radius 1 is 1.00 bits per heavy atom. The van der Waals surface area contributed by atoms with Crippen molar-refractivity contribution in [2.24, 2.45) is 0 Å². The van der Waals surface area contributed by atoms with Gasteiger partial charge in [0.25, 0.3) is 11.8 Å². The average molecular weight is 651 g/mol. The number of alkyl halides is 4. The zero-order valence-electron chi connectivity index (χ0n) is 25.6. The number of aliphatic hydroxyl groups is 1. The number of rotatable bonds is 12. The molecule has 0 aliphatic carbocycles. The van der Waals surface area contributed by atoms with E-state index in [9.17, 15) is 32.3 Å². The van der Waals surface area contributed by atoms with E-state index in [1.807, 2.05) is 36.4 Å². The Hall–Kier alpha value is -4.81. The summed E-state index contributed by atoms with van der Waals surface area (Å²) in [6.07, 6.45) is -1.54. The minimum Gasteiger partial charge on any atom is -0.443 e. The fourth-order valence-corrected chi connectivity index (χ4v) is 5.39. The number of hydrogen-bond donors (Lipinski definition) is 3. The number of aryl methyl sites for hydroxylation is 1. The van der Waals surface area contributed by atoms with Crippen molar-refractivity contribution in [2.75, 3.05) is 13.1 Å². The third kappa shape index (κ3) is 8.52. The van der Waals surface area contributed by atoms with Gasteiger partial charge < -0.3 is 25.1 Å². The minimum atomic E-state index is -4.48. The van der Waals surface area contributed by atoms with Gasteiger partial charge in [-0.25, -0.2) is 9.37 Å². The van der Waals surface area contributed by atoms with Gasteiger partial charge in [0.1, 0.15) is 18.6 Å². The van der Waals surface area contributed by atoms with E-state index in [0.29, 0.717) is 29.9 Å². The van der Waals surface area contributed by atoms with Crippen LogP contribution in [0.1, 0.15) is 61.0 Å². The summed E-state index contributed by atoms with van der Waals surface area (Å²) in [5.74, 6) is -0.797. The maximum Gasteiger partial charge on any atom is 0.416 e. The second-order valence-corrected chi connectivity index (χ2v) is 11.3. The molecule has 12 heteroatoms. The lowest BCUT2D eigenvalue weighted by atomic mass is 9.99. The molecule has 1 aromatic heterocycles. The van der Waals surface area contributed by atoms with Crippen LogP contribution < -0.4 is 10.6 Å². The molecular formula is C35H34F4N4O4. The van der Waals surface area contributed by atoms with Crippen molar-refractivity contribution in [1.82, 2.24) is 20.5 Å². The van der Waals surface area contributed by atoms with Crippen LogP contribution in [0, 0.1) is 6.92 Å². The van der Waals surface area contributed by atoms with Gasteiger partial charge in [0.05, 0.1) is 23.4 Å². The molecule has 0 saturated heterocycles. The number of halogens is 4. The molecule has 0 fully saturated rings. The molecule has 2 atom stereocenters. The summed E-state index contributed by atoms with van der Waals surface area (Å²) in [6, 6.07) is 17.3. The first-order chi connectivity index (χ1) is 22.5. The van der Waals surface area contributed by atoms with Gasteiger partial charge in [-0.3, -0.25) is 9.59 Å². The highest BCUT2D eigenvalue weighted by molar-refractivity contribution is 6.03. The number of nitrogens with one attached hydrogen (secondary N) is 2. The molecule has 0 radical (unpaired) electrons. The number of hydrogen-bond acceptors (Lipinski definition) is 6. The average Bonchev–Trinajstić information content (AvgIpc) is 3.73. The molecule has 2 heterocycles. The topological polar surface area (TPSA) is 108 Å². The quantitative estimate of drug-likeness (QED) is 0.166. The Kier molecular flexibility index (Phi) is 10.5. The second-order valence-electron chi connectivity index (χ2n) is 11.3. The molecule has 1 aliphatic rings. The van der Waals surface area contributed by atoms with E-state index < -0.39 is 42.4 Å². The van der Waals surface area contributed by atoms with Gasteiger partial charge in [-0.15, -0.1) is 0 Å². The largest absolute Gasteiger partial charge is 0.443 e. The van der Waals surface area contributed by atoms with E-state index in [1.165, 1.54) is 35.4 Å². The molecule has 4 aromatic rings. The normalized spacial score (nSPS) is 14.5. The number of aliphatic hydroxyl groups excluding tert-OH is 1. The number of carbonyl (C=O) groups excluding carboxylic acids is 2. The second kappa shape index (κ2) is 14.7. The molecule has 0 unspecified atom stereocenters. The lowest BCUT2D eigenvalue weighted by Crippen LogP contribution is -2.48. The van der Waals surface area contributed by atoms with Gasteiger partial charge >= 0.3 is 6.18 Å². The summed E-state index contributed by atoms with van der Waals surface area (Å²) in [7, 11) is 0. The summed E-state index contributed by atoms with van der Waals surface area (Å²) in [5.41, 5.74) is 1.82. The standard InChI is InChI=1S/C35H34F4N4O4/c1-22-21-47-33(41-22)30-11-6-12-43(30)34(46)27-14-25(18-36)13-26(17-27)32(45)42-29(16-23-7-3-2-4-8-23)31(44)20-40-19-24-9-5-10-28(15-24)35(37,38)39/h2-5,7-11,13-15,17,21,29,31,40,44H,6,12,16,18-20H2,1H3,(H,42,45)/t29-,31+/m0/s1. The molecule has 8 nitrogen and oxygen atoms in total. The zero-order valence-corrected chi connectivity index (χ0v) is 25.6. The Bertz CT molecular complexity index is 1740. The van der Waals surface area contributed by atoms with Crippen molar-refractivity contribution in [3.05, 3.63) is 130 Å².